The molecule has 1 saturated heterocycles. The van der Waals surface area contributed by atoms with E-state index >= 15 is 0 Å². The Morgan fingerprint density at radius 3 is 2.45 bits per heavy atom. The molecule has 1 amide bonds. The predicted molar refractivity (Wildman–Crippen MR) is 130 cm³/mol. The van der Waals surface area contributed by atoms with E-state index in [1.165, 1.54) is 20.0 Å². The number of nitrogens with one attached hydrogen (secondary N) is 1. The Kier molecular flexibility index (Phi) is 6.58. The van der Waals surface area contributed by atoms with Crippen molar-refractivity contribution in [2.45, 2.75) is 33.1 Å². The minimum absolute atomic E-state index is 0.0922. The van der Waals surface area contributed by atoms with Crippen molar-refractivity contribution >= 4 is 28.3 Å². The summed E-state index contributed by atoms with van der Waals surface area (Å²) in [7, 11) is 3.07. The molecule has 0 atom stereocenters. The lowest BCUT2D eigenvalue weighted by Crippen LogP contribution is -2.32. The number of carbonyl (C=O) groups is 1. The first kappa shape index (κ1) is 22.7. The van der Waals surface area contributed by atoms with Gasteiger partial charge in [-0.1, -0.05) is 6.92 Å². The maximum Gasteiger partial charge on any atom is 0.340 e. The number of aryl methyl sites for hydroxylation is 1. The Balaban J connectivity index is 1.51. The third kappa shape index (κ3) is 4.82. The van der Waals surface area contributed by atoms with E-state index in [0.29, 0.717) is 39.3 Å². The Labute approximate surface area is 193 Å². The average Bonchev–Trinajstić information content (AvgIpc) is 2.82. The number of fused-ring (bicyclic) bond motifs is 1. The van der Waals surface area contributed by atoms with Crippen LogP contribution in [0.1, 0.15) is 30.9 Å². The molecule has 0 unspecified atom stereocenters. The van der Waals surface area contributed by atoms with Gasteiger partial charge in [0.05, 0.1) is 31.6 Å². The van der Waals surface area contributed by atoms with E-state index in [-0.39, 0.29) is 12.3 Å². The highest BCUT2D eigenvalue weighted by molar-refractivity contribution is 5.94. The van der Waals surface area contributed by atoms with Crippen LogP contribution in [-0.2, 0) is 11.2 Å². The summed E-state index contributed by atoms with van der Waals surface area (Å²) in [6.07, 6.45) is 2.30. The molecule has 1 aromatic heterocycles. The van der Waals surface area contributed by atoms with Gasteiger partial charge in [0, 0.05) is 36.6 Å². The molecular formula is C26H30N2O5. The van der Waals surface area contributed by atoms with E-state index in [4.69, 9.17) is 13.9 Å². The van der Waals surface area contributed by atoms with Crippen LogP contribution in [-0.4, -0.2) is 33.2 Å². The molecule has 2 heterocycles. The summed E-state index contributed by atoms with van der Waals surface area (Å²) in [6, 6.07) is 11.2. The van der Waals surface area contributed by atoms with Crippen LogP contribution in [0.15, 0.2) is 45.6 Å². The standard InChI is InChI=1S/C26H30N2O5/c1-16-9-11-28(12-10-16)19-7-5-18(6-8-19)27-24(29)15-21-17(2)25-22(32-4)13-20(31-3)14-23(25)33-26(21)30/h5-8,13-14,16H,9-12,15H2,1-4H3,(H,27,29). The number of benzene rings is 2. The van der Waals surface area contributed by atoms with Crippen molar-refractivity contribution in [3.63, 3.8) is 0 Å². The molecule has 0 aliphatic carbocycles. The first-order valence-electron chi connectivity index (χ1n) is 11.2. The molecule has 174 valence electrons. The Morgan fingerprint density at radius 1 is 1.12 bits per heavy atom. The molecule has 3 aromatic rings. The number of ether oxygens (including phenoxy) is 2. The second-order valence-electron chi connectivity index (χ2n) is 8.64. The molecule has 7 heteroatoms. The third-order valence-corrected chi connectivity index (χ3v) is 6.41. The van der Waals surface area contributed by atoms with Crippen molar-refractivity contribution < 1.29 is 18.7 Å². The Bertz CT molecular complexity index is 1210. The van der Waals surface area contributed by atoms with Crippen molar-refractivity contribution in [1.29, 1.82) is 0 Å². The first-order chi connectivity index (χ1) is 15.9. The fourth-order valence-corrected chi connectivity index (χ4v) is 4.35. The van der Waals surface area contributed by atoms with Gasteiger partial charge in [0.2, 0.25) is 5.91 Å². The maximum atomic E-state index is 12.7. The first-order valence-corrected chi connectivity index (χ1v) is 11.2. The highest BCUT2D eigenvalue weighted by atomic mass is 16.5. The van der Waals surface area contributed by atoms with Gasteiger partial charge in [0.15, 0.2) is 0 Å². The van der Waals surface area contributed by atoms with Gasteiger partial charge in [0.1, 0.15) is 17.1 Å². The minimum atomic E-state index is -0.542. The Morgan fingerprint density at radius 2 is 1.82 bits per heavy atom. The quantitative estimate of drug-likeness (QED) is 0.556. The molecule has 1 aliphatic heterocycles. The number of amides is 1. The number of carbonyl (C=O) groups excluding carboxylic acids is 1. The van der Waals surface area contributed by atoms with Gasteiger partial charge in [-0.15, -0.1) is 0 Å². The molecule has 33 heavy (non-hydrogen) atoms. The van der Waals surface area contributed by atoms with Gasteiger partial charge >= 0.3 is 5.63 Å². The largest absolute Gasteiger partial charge is 0.496 e. The van der Waals surface area contributed by atoms with Crippen LogP contribution in [0.3, 0.4) is 0 Å². The van der Waals surface area contributed by atoms with Crippen LogP contribution in [0, 0.1) is 12.8 Å². The van der Waals surface area contributed by atoms with Gasteiger partial charge in [-0.2, -0.15) is 0 Å². The number of hydrogen-bond acceptors (Lipinski definition) is 6. The third-order valence-electron chi connectivity index (χ3n) is 6.41. The lowest BCUT2D eigenvalue weighted by atomic mass is 9.99. The number of anilines is 2. The second-order valence-corrected chi connectivity index (χ2v) is 8.64. The lowest BCUT2D eigenvalue weighted by molar-refractivity contribution is -0.115. The van der Waals surface area contributed by atoms with Crippen LogP contribution in [0.25, 0.3) is 11.0 Å². The summed E-state index contributed by atoms with van der Waals surface area (Å²) >= 11 is 0. The second kappa shape index (κ2) is 9.57. The average molecular weight is 451 g/mol. The van der Waals surface area contributed by atoms with E-state index in [1.54, 1.807) is 26.2 Å². The van der Waals surface area contributed by atoms with Crippen LogP contribution in [0.2, 0.25) is 0 Å². The summed E-state index contributed by atoms with van der Waals surface area (Å²) in [6.45, 7) is 6.20. The van der Waals surface area contributed by atoms with E-state index in [2.05, 4.69) is 17.1 Å². The number of piperidine rings is 1. The molecule has 0 saturated carbocycles. The van der Waals surface area contributed by atoms with Gasteiger partial charge < -0.3 is 24.1 Å². The minimum Gasteiger partial charge on any atom is -0.496 e. The highest BCUT2D eigenvalue weighted by Gasteiger charge is 2.19. The van der Waals surface area contributed by atoms with Crippen molar-refractivity contribution in [3.8, 4) is 11.5 Å². The van der Waals surface area contributed by atoms with Gasteiger partial charge in [-0.05, 0) is 55.5 Å². The van der Waals surface area contributed by atoms with Crippen molar-refractivity contribution in [2.75, 3.05) is 37.5 Å². The molecule has 4 rings (SSSR count). The summed E-state index contributed by atoms with van der Waals surface area (Å²) in [4.78, 5) is 27.8. The molecule has 1 N–H and O–H groups in total. The van der Waals surface area contributed by atoms with Crippen molar-refractivity contribution in [1.82, 2.24) is 0 Å². The summed E-state index contributed by atoms with van der Waals surface area (Å²) in [5, 5.41) is 3.54. The molecule has 0 bridgehead atoms. The molecule has 7 nitrogen and oxygen atoms in total. The zero-order valence-electron chi connectivity index (χ0n) is 19.6. The summed E-state index contributed by atoms with van der Waals surface area (Å²) < 4.78 is 16.2. The number of nitrogens with zero attached hydrogens (tertiary/aromatic N) is 1. The predicted octanol–water partition coefficient (Wildman–Crippen LogP) is 4.54. The fourth-order valence-electron chi connectivity index (χ4n) is 4.35. The van der Waals surface area contributed by atoms with Crippen molar-refractivity contribution in [3.05, 3.63) is 57.9 Å². The zero-order valence-corrected chi connectivity index (χ0v) is 19.6. The smallest absolute Gasteiger partial charge is 0.340 e. The van der Waals surface area contributed by atoms with Gasteiger partial charge in [-0.3, -0.25) is 4.79 Å². The SMILES string of the molecule is COc1cc(OC)c2c(C)c(CC(=O)Nc3ccc(N4CCC(C)CC4)cc3)c(=O)oc2c1. The molecule has 0 spiro atoms. The van der Waals surface area contributed by atoms with Gasteiger partial charge in [0.25, 0.3) is 0 Å². The monoisotopic (exact) mass is 450 g/mol. The Hall–Kier alpha value is -3.48. The highest BCUT2D eigenvalue weighted by Crippen LogP contribution is 2.34. The molecule has 1 fully saturated rings. The number of hydrogen-bond donors (Lipinski definition) is 1. The van der Waals surface area contributed by atoms with E-state index < -0.39 is 5.63 Å². The molecule has 0 radical (unpaired) electrons. The molecular weight excluding hydrogens is 420 g/mol. The maximum absolute atomic E-state index is 12.7. The fraction of sp³-hybridized carbons (Fsp3) is 0.385. The van der Waals surface area contributed by atoms with Crippen LogP contribution in [0.4, 0.5) is 11.4 Å². The number of rotatable bonds is 6. The normalized spacial score (nSPS) is 14.4. The van der Waals surface area contributed by atoms with Crippen LogP contribution in [0.5, 0.6) is 11.5 Å². The summed E-state index contributed by atoms with van der Waals surface area (Å²) in [5.74, 6) is 1.54. The number of methoxy groups -OCH3 is 2. The lowest BCUT2D eigenvalue weighted by Gasteiger charge is -2.32. The summed E-state index contributed by atoms with van der Waals surface area (Å²) in [5.41, 5.74) is 2.64. The zero-order chi connectivity index (χ0) is 23.5. The van der Waals surface area contributed by atoms with Crippen molar-refractivity contribution in [2.24, 2.45) is 5.92 Å². The molecule has 1 aliphatic rings. The van der Waals surface area contributed by atoms with E-state index in [9.17, 15) is 9.59 Å². The van der Waals surface area contributed by atoms with E-state index in [1.807, 2.05) is 24.3 Å². The molecule has 2 aromatic carbocycles. The van der Waals surface area contributed by atoms with Crippen LogP contribution >= 0.6 is 0 Å². The topological polar surface area (TPSA) is 81.0 Å². The van der Waals surface area contributed by atoms with Crippen LogP contribution < -0.4 is 25.3 Å². The van der Waals surface area contributed by atoms with Gasteiger partial charge in [-0.25, -0.2) is 4.79 Å². The van der Waals surface area contributed by atoms with E-state index in [0.717, 1.165) is 24.7 Å².